The van der Waals surface area contributed by atoms with Crippen molar-refractivity contribution in [1.29, 1.82) is 0 Å². The van der Waals surface area contributed by atoms with Crippen LogP contribution in [0.4, 0.5) is 41.1 Å². The minimum atomic E-state index is -5.86. The number of carbonyl (C=O) groups excluding carboxylic acids is 1. The maximum absolute atomic E-state index is 13.6. The second kappa shape index (κ2) is 8.43. The molecule has 198 valence electrons. The Morgan fingerprint density at radius 1 is 1.19 bits per heavy atom. The number of hydrazine groups is 1. The molecule has 1 fully saturated rings. The van der Waals surface area contributed by atoms with Gasteiger partial charge in [-0.3, -0.25) is 4.79 Å². The van der Waals surface area contributed by atoms with Gasteiger partial charge >= 0.3 is 12.4 Å². The van der Waals surface area contributed by atoms with Gasteiger partial charge in [0.15, 0.2) is 0 Å². The molecule has 17 heteroatoms. The molecule has 0 spiro atoms. The zero-order valence-electron chi connectivity index (χ0n) is 18.4. The predicted molar refractivity (Wildman–Crippen MR) is 108 cm³/mol. The molecule has 2 aromatic heterocycles. The summed E-state index contributed by atoms with van der Waals surface area (Å²) in [5.74, 6) is -4.34. The normalized spacial score (nSPS) is 24.1. The van der Waals surface area contributed by atoms with Gasteiger partial charge in [-0.05, 0) is 18.6 Å². The van der Waals surface area contributed by atoms with Crippen molar-refractivity contribution >= 4 is 17.4 Å². The summed E-state index contributed by atoms with van der Waals surface area (Å²) < 4.78 is 110. The average Bonchev–Trinajstić information content (AvgIpc) is 3.30. The number of halogens is 8. The Kier molecular flexibility index (Phi) is 6.06. The Bertz CT molecular complexity index is 1180. The van der Waals surface area contributed by atoms with E-state index in [1.807, 2.05) is 0 Å². The van der Waals surface area contributed by atoms with Crippen molar-refractivity contribution in [3.05, 3.63) is 35.9 Å². The lowest BCUT2D eigenvalue weighted by molar-refractivity contribution is -0.299. The molecular weight excluding hydrogens is 508 g/mol. The lowest BCUT2D eigenvalue weighted by Gasteiger charge is -2.36. The summed E-state index contributed by atoms with van der Waals surface area (Å²) in [6.45, 7) is 0. The third kappa shape index (κ3) is 4.40. The average molecular weight is 528 g/mol. The molecule has 3 heterocycles. The van der Waals surface area contributed by atoms with Gasteiger partial charge in [0.1, 0.15) is 5.69 Å². The summed E-state index contributed by atoms with van der Waals surface area (Å²) in [5, 5.41) is 8.97. The molecule has 36 heavy (non-hydrogen) atoms. The summed E-state index contributed by atoms with van der Waals surface area (Å²) in [4.78, 5) is 16.8. The van der Waals surface area contributed by atoms with Gasteiger partial charge in [0.25, 0.3) is 11.4 Å². The highest BCUT2D eigenvalue weighted by molar-refractivity contribution is 5.95. The molecule has 0 saturated heterocycles. The Labute approximate surface area is 197 Å². The van der Waals surface area contributed by atoms with Gasteiger partial charge in [-0.1, -0.05) is 0 Å². The molecule has 1 saturated carbocycles. The number of aromatic nitrogens is 3. The quantitative estimate of drug-likeness (QED) is 0.452. The van der Waals surface area contributed by atoms with Gasteiger partial charge in [0.05, 0.1) is 17.4 Å². The summed E-state index contributed by atoms with van der Waals surface area (Å²) in [5.41, 5.74) is 0.891. The fraction of sp³-hybridized carbons (Fsp3) is 0.526. The number of nitrogens with one attached hydrogen (secondary N) is 3. The van der Waals surface area contributed by atoms with E-state index in [9.17, 15) is 39.9 Å². The molecule has 2 aromatic rings. The highest BCUT2D eigenvalue weighted by Crippen LogP contribution is 2.49. The van der Waals surface area contributed by atoms with Crippen molar-refractivity contribution < 1.29 is 39.9 Å². The molecule has 1 aliphatic carbocycles. The SMILES string of the molecule is CN1C=C(NC(=O)c2ccc3cnc(N[C@H]4CCC(F)(F)C[C@H]4N)nn23)C(C(F)(F)F)(C(F)(F)F)N1. The minimum Gasteiger partial charge on any atom is -0.349 e. The number of hydrogen-bond donors (Lipinski definition) is 4. The number of carbonyl (C=O) groups is 1. The lowest BCUT2D eigenvalue weighted by Crippen LogP contribution is -2.68. The van der Waals surface area contributed by atoms with E-state index >= 15 is 0 Å². The Morgan fingerprint density at radius 3 is 2.47 bits per heavy atom. The first kappa shape index (κ1) is 25.9. The maximum atomic E-state index is 13.6. The van der Waals surface area contributed by atoms with Crippen molar-refractivity contribution in [3.63, 3.8) is 0 Å². The highest BCUT2D eigenvalue weighted by Gasteiger charge is 2.75. The minimum absolute atomic E-state index is 0.000224. The third-order valence-electron chi connectivity index (χ3n) is 5.99. The van der Waals surface area contributed by atoms with Crippen LogP contribution in [0.1, 0.15) is 29.8 Å². The predicted octanol–water partition coefficient (Wildman–Crippen LogP) is 2.54. The first-order valence-electron chi connectivity index (χ1n) is 10.5. The van der Waals surface area contributed by atoms with Crippen LogP contribution in [0.5, 0.6) is 0 Å². The van der Waals surface area contributed by atoms with Crippen LogP contribution in [0.2, 0.25) is 0 Å². The number of nitrogens with two attached hydrogens (primary N) is 1. The van der Waals surface area contributed by atoms with E-state index in [1.165, 1.54) is 17.7 Å². The topological polar surface area (TPSA) is 113 Å². The van der Waals surface area contributed by atoms with Gasteiger partial charge in [0.2, 0.25) is 11.9 Å². The number of hydrogen-bond acceptors (Lipinski definition) is 7. The van der Waals surface area contributed by atoms with Crippen molar-refractivity contribution in [2.75, 3.05) is 12.4 Å². The summed E-state index contributed by atoms with van der Waals surface area (Å²) in [7, 11) is 0.912. The maximum Gasteiger partial charge on any atom is 0.423 e. The molecule has 0 bridgehead atoms. The van der Waals surface area contributed by atoms with Crippen LogP contribution in [-0.2, 0) is 0 Å². The molecule has 0 aromatic carbocycles. The second-order valence-electron chi connectivity index (χ2n) is 8.62. The highest BCUT2D eigenvalue weighted by atomic mass is 19.4. The van der Waals surface area contributed by atoms with Gasteiger partial charge < -0.3 is 21.4 Å². The van der Waals surface area contributed by atoms with Gasteiger partial charge in [-0.2, -0.15) is 26.3 Å². The summed E-state index contributed by atoms with van der Waals surface area (Å²) in [6, 6.07) is 0.891. The van der Waals surface area contributed by atoms with Crippen LogP contribution in [0, 0.1) is 0 Å². The monoisotopic (exact) mass is 528 g/mol. The van der Waals surface area contributed by atoms with Crippen molar-refractivity contribution in [2.24, 2.45) is 5.73 Å². The van der Waals surface area contributed by atoms with E-state index < -0.39 is 66.0 Å². The van der Waals surface area contributed by atoms with E-state index in [0.29, 0.717) is 11.2 Å². The molecule has 5 N–H and O–H groups in total. The number of alkyl halides is 8. The molecule has 2 atom stereocenters. The molecule has 1 amide bonds. The van der Waals surface area contributed by atoms with Gasteiger partial charge in [-0.15, -0.1) is 5.10 Å². The second-order valence-corrected chi connectivity index (χ2v) is 8.62. The molecule has 1 aliphatic heterocycles. The molecule has 0 unspecified atom stereocenters. The van der Waals surface area contributed by atoms with Crippen LogP contribution < -0.4 is 21.8 Å². The number of nitrogens with zero attached hydrogens (tertiary/aromatic N) is 4. The zero-order valence-corrected chi connectivity index (χ0v) is 18.4. The molecule has 0 radical (unpaired) electrons. The van der Waals surface area contributed by atoms with E-state index in [2.05, 4.69) is 15.4 Å². The van der Waals surface area contributed by atoms with E-state index in [4.69, 9.17) is 5.73 Å². The van der Waals surface area contributed by atoms with Gasteiger partial charge in [-0.25, -0.2) is 23.7 Å². The van der Waals surface area contributed by atoms with Crippen molar-refractivity contribution in [1.82, 2.24) is 30.3 Å². The van der Waals surface area contributed by atoms with Crippen LogP contribution >= 0.6 is 0 Å². The summed E-state index contributed by atoms with van der Waals surface area (Å²) >= 11 is 0. The third-order valence-corrected chi connectivity index (χ3v) is 5.99. The van der Waals surface area contributed by atoms with Crippen molar-refractivity contribution in [2.45, 2.75) is 55.2 Å². The first-order chi connectivity index (χ1) is 16.5. The molecular formula is C19H20F8N8O. The Hall–Kier alpha value is -3.21. The fourth-order valence-electron chi connectivity index (χ4n) is 4.21. The largest absolute Gasteiger partial charge is 0.423 e. The first-order valence-corrected chi connectivity index (χ1v) is 10.5. The summed E-state index contributed by atoms with van der Waals surface area (Å²) in [6.07, 6.45) is -11.0. The van der Waals surface area contributed by atoms with Gasteiger partial charge in [0, 0.05) is 38.2 Å². The van der Waals surface area contributed by atoms with E-state index in [1.54, 1.807) is 5.32 Å². The van der Waals surface area contributed by atoms with E-state index in [-0.39, 0.29) is 17.9 Å². The zero-order chi connectivity index (χ0) is 26.7. The smallest absolute Gasteiger partial charge is 0.349 e. The number of anilines is 1. The Balaban J connectivity index is 1.61. The standard InChI is InChI=1S/C19H20F8N8O/c1-34-8-13(17(33-34,18(22,23)24)19(25,26)27)31-14(36)12-3-2-9-7-29-15(32-35(9)12)30-11-4-5-16(20,21)6-10(11)28/h2-3,7-8,10-11,33H,4-6,28H2,1H3,(H,30,32)(H,31,36)/t10-,11+/m1/s1. The van der Waals surface area contributed by atoms with E-state index in [0.717, 1.165) is 17.6 Å². The van der Waals surface area contributed by atoms with Crippen LogP contribution in [-0.4, -0.2) is 68.5 Å². The van der Waals surface area contributed by atoms with Crippen molar-refractivity contribution in [3.8, 4) is 0 Å². The Morgan fingerprint density at radius 2 is 1.86 bits per heavy atom. The number of amides is 1. The molecule has 9 nitrogen and oxygen atoms in total. The molecule has 4 rings (SSSR count). The van der Waals surface area contributed by atoms with Crippen LogP contribution in [0.25, 0.3) is 5.52 Å². The fourth-order valence-corrected chi connectivity index (χ4v) is 4.21. The molecule has 2 aliphatic rings. The number of fused-ring (bicyclic) bond motifs is 1. The van der Waals surface area contributed by atoms with Crippen LogP contribution in [0.3, 0.4) is 0 Å². The lowest BCUT2D eigenvalue weighted by atomic mass is 9.88. The van der Waals surface area contributed by atoms with Crippen LogP contribution in [0.15, 0.2) is 30.2 Å². The number of rotatable bonds is 4.